The number of carbonyl (C=O) groups excluding carboxylic acids is 1. The molecule has 4 nitrogen and oxygen atoms in total. The summed E-state index contributed by atoms with van der Waals surface area (Å²) in [7, 11) is 0. The number of benzene rings is 1. The normalized spacial score (nSPS) is 10.6. The van der Waals surface area contributed by atoms with Crippen LogP contribution in [0, 0.1) is 5.82 Å². The Morgan fingerprint density at radius 3 is 2.90 bits per heavy atom. The van der Waals surface area contributed by atoms with Crippen LogP contribution in [0.2, 0.25) is 0 Å². The van der Waals surface area contributed by atoms with Crippen molar-refractivity contribution in [2.45, 2.75) is 0 Å². The molecule has 0 saturated heterocycles. The smallest absolute Gasteiger partial charge is 0.277 e. The lowest BCUT2D eigenvalue weighted by molar-refractivity contribution is 0.101. The van der Waals surface area contributed by atoms with E-state index in [0.717, 1.165) is 4.88 Å². The standard InChI is InChI=1S/C14H8BrFN2O2S/c15-8-3-4-10(9(16)6-8)17-14(19)11-7-12(20-18-11)13-2-1-5-21-13/h1-7H,(H,17,19). The fraction of sp³-hybridized carbons (Fsp3) is 0. The van der Waals surface area contributed by atoms with E-state index >= 15 is 0 Å². The largest absolute Gasteiger partial charge is 0.355 e. The molecule has 0 spiro atoms. The van der Waals surface area contributed by atoms with Crippen molar-refractivity contribution in [2.75, 3.05) is 5.32 Å². The van der Waals surface area contributed by atoms with Crippen LogP contribution in [-0.2, 0) is 0 Å². The maximum atomic E-state index is 13.7. The summed E-state index contributed by atoms with van der Waals surface area (Å²) in [6, 6.07) is 9.64. The lowest BCUT2D eigenvalue weighted by Crippen LogP contribution is -2.13. The van der Waals surface area contributed by atoms with Crippen molar-refractivity contribution in [3.8, 4) is 10.6 Å². The number of nitrogens with one attached hydrogen (secondary N) is 1. The van der Waals surface area contributed by atoms with E-state index in [0.29, 0.717) is 10.2 Å². The van der Waals surface area contributed by atoms with Gasteiger partial charge in [0.25, 0.3) is 5.91 Å². The monoisotopic (exact) mass is 366 g/mol. The minimum atomic E-state index is -0.528. The van der Waals surface area contributed by atoms with E-state index in [1.807, 2.05) is 17.5 Å². The number of nitrogens with zero attached hydrogens (tertiary/aromatic N) is 1. The molecule has 3 rings (SSSR count). The van der Waals surface area contributed by atoms with Crippen LogP contribution in [0.1, 0.15) is 10.5 Å². The lowest BCUT2D eigenvalue weighted by atomic mass is 10.2. The van der Waals surface area contributed by atoms with Gasteiger partial charge in [0.1, 0.15) is 5.82 Å². The predicted molar refractivity (Wildman–Crippen MR) is 81.9 cm³/mol. The van der Waals surface area contributed by atoms with Crippen molar-refractivity contribution in [1.82, 2.24) is 5.16 Å². The number of rotatable bonds is 3. The van der Waals surface area contributed by atoms with Crippen molar-refractivity contribution in [2.24, 2.45) is 0 Å². The van der Waals surface area contributed by atoms with Gasteiger partial charge in [0.15, 0.2) is 11.5 Å². The van der Waals surface area contributed by atoms with Crippen LogP contribution in [0.5, 0.6) is 0 Å². The summed E-state index contributed by atoms with van der Waals surface area (Å²) < 4.78 is 19.4. The van der Waals surface area contributed by atoms with Crippen LogP contribution in [0.25, 0.3) is 10.6 Å². The van der Waals surface area contributed by atoms with E-state index in [1.165, 1.54) is 29.5 Å². The number of thiophene rings is 1. The molecule has 0 unspecified atom stereocenters. The van der Waals surface area contributed by atoms with Gasteiger partial charge in [-0.3, -0.25) is 4.79 Å². The summed E-state index contributed by atoms with van der Waals surface area (Å²) in [4.78, 5) is 12.9. The van der Waals surface area contributed by atoms with Gasteiger partial charge < -0.3 is 9.84 Å². The second-order valence-corrected chi connectivity index (χ2v) is 6.00. The molecule has 7 heteroatoms. The first-order chi connectivity index (χ1) is 10.1. The van der Waals surface area contributed by atoms with Gasteiger partial charge >= 0.3 is 0 Å². The van der Waals surface area contributed by atoms with Gasteiger partial charge in [-0.2, -0.15) is 0 Å². The first kappa shape index (κ1) is 14.0. The van der Waals surface area contributed by atoms with Crippen molar-refractivity contribution >= 4 is 38.9 Å². The van der Waals surface area contributed by atoms with E-state index in [2.05, 4.69) is 26.4 Å². The van der Waals surface area contributed by atoms with E-state index in [9.17, 15) is 9.18 Å². The molecular formula is C14H8BrFN2O2S. The van der Waals surface area contributed by atoms with Crippen molar-refractivity contribution in [3.05, 3.63) is 57.8 Å². The third-order valence-corrected chi connectivity index (χ3v) is 4.06. The number of aromatic nitrogens is 1. The van der Waals surface area contributed by atoms with Gasteiger partial charge in [0.2, 0.25) is 0 Å². The molecule has 2 heterocycles. The third kappa shape index (κ3) is 3.03. The highest BCUT2D eigenvalue weighted by Crippen LogP contribution is 2.26. The van der Waals surface area contributed by atoms with Gasteiger partial charge in [-0.1, -0.05) is 27.2 Å². The lowest BCUT2D eigenvalue weighted by Gasteiger charge is -2.04. The zero-order chi connectivity index (χ0) is 14.8. The van der Waals surface area contributed by atoms with Gasteiger partial charge in [-0.05, 0) is 29.6 Å². The molecule has 0 atom stereocenters. The molecule has 0 aliphatic carbocycles. The molecule has 106 valence electrons. The summed E-state index contributed by atoms with van der Waals surface area (Å²) in [5.74, 6) is -0.547. The van der Waals surface area contributed by atoms with Gasteiger partial charge in [-0.25, -0.2) is 4.39 Å². The highest BCUT2D eigenvalue weighted by molar-refractivity contribution is 9.10. The highest BCUT2D eigenvalue weighted by Gasteiger charge is 2.15. The zero-order valence-electron chi connectivity index (χ0n) is 10.5. The summed E-state index contributed by atoms with van der Waals surface area (Å²) in [5.41, 5.74) is 0.185. The third-order valence-electron chi connectivity index (χ3n) is 2.69. The number of anilines is 1. The van der Waals surface area contributed by atoms with E-state index in [1.54, 1.807) is 6.07 Å². The maximum absolute atomic E-state index is 13.7. The maximum Gasteiger partial charge on any atom is 0.277 e. The number of amides is 1. The number of hydrogen-bond donors (Lipinski definition) is 1. The van der Waals surface area contributed by atoms with E-state index < -0.39 is 11.7 Å². The highest BCUT2D eigenvalue weighted by atomic mass is 79.9. The van der Waals surface area contributed by atoms with Crippen LogP contribution in [-0.4, -0.2) is 11.1 Å². The van der Waals surface area contributed by atoms with Crippen LogP contribution in [0.15, 0.2) is 50.8 Å². The molecular weight excluding hydrogens is 359 g/mol. The molecule has 1 aromatic carbocycles. The Morgan fingerprint density at radius 2 is 2.19 bits per heavy atom. The number of halogens is 2. The second kappa shape index (κ2) is 5.79. The zero-order valence-corrected chi connectivity index (χ0v) is 12.9. The molecule has 1 N–H and O–H groups in total. The van der Waals surface area contributed by atoms with Crippen molar-refractivity contribution < 1.29 is 13.7 Å². The molecule has 0 fully saturated rings. The summed E-state index contributed by atoms with van der Waals surface area (Å²) in [5, 5.41) is 8.06. The predicted octanol–water partition coefficient (Wildman–Crippen LogP) is 4.56. The minimum Gasteiger partial charge on any atom is -0.355 e. The van der Waals surface area contributed by atoms with Gasteiger partial charge in [0, 0.05) is 10.5 Å². The molecule has 0 saturated carbocycles. The second-order valence-electron chi connectivity index (χ2n) is 4.13. The Hall–Kier alpha value is -1.99. The van der Waals surface area contributed by atoms with Crippen LogP contribution in [0.4, 0.5) is 10.1 Å². The molecule has 2 aromatic heterocycles. The van der Waals surface area contributed by atoms with E-state index in [4.69, 9.17) is 4.52 Å². The first-order valence-corrected chi connectivity index (χ1v) is 7.58. The molecule has 0 bridgehead atoms. The minimum absolute atomic E-state index is 0.0869. The molecule has 0 aliphatic heterocycles. The average molecular weight is 367 g/mol. The Kier molecular flexibility index (Phi) is 3.85. The molecule has 0 radical (unpaired) electrons. The Morgan fingerprint density at radius 1 is 1.33 bits per heavy atom. The fourth-order valence-corrected chi connectivity index (χ4v) is 2.70. The number of carbonyl (C=O) groups is 1. The SMILES string of the molecule is O=C(Nc1ccc(Br)cc1F)c1cc(-c2cccs2)on1. The molecule has 1 amide bonds. The average Bonchev–Trinajstić information content (AvgIpc) is 3.10. The Labute approximate surface area is 131 Å². The van der Waals surface area contributed by atoms with Gasteiger partial charge in [0.05, 0.1) is 10.6 Å². The topological polar surface area (TPSA) is 55.1 Å². The molecule has 3 aromatic rings. The first-order valence-electron chi connectivity index (χ1n) is 5.90. The van der Waals surface area contributed by atoms with Crippen molar-refractivity contribution in [1.29, 1.82) is 0 Å². The quantitative estimate of drug-likeness (QED) is 0.739. The number of hydrogen-bond acceptors (Lipinski definition) is 4. The van der Waals surface area contributed by atoms with Crippen LogP contribution < -0.4 is 5.32 Å². The summed E-state index contributed by atoms with van der Waals surface area (Å²) in [6.45, 7) is 0. The van der Waals surface area contributed by atoms with E-state index in [-0.39, 0.29) is 11.4 Å². The Balaban J connectivity index is 1.79. The van der Waals surface area contributed by atoms with Gasteiger partial charge in [-0.15, -0.1) is 11.3 Å². The van der Waals surface area contributed by atoms with Crippen LogP contribution >= 0.6 is 27.3 Å². The molecule has 21 heavy (non-hydrogen) atoms. The Bertz CT molecular complexity index is 786. The summed E-state index contributed by atoms with van der Waals surface area (Å²) >= 11 is 4.63. The fourth-order valence-electron chi connectivity index (χ4n) is 1.69. The van der Waals surface area contributed by atoms with Crippen molar-refractivity contribution in [3.63, 3.8) is 0 Å². The summed E-state index contributed by atoms with van der Waals surface area (Å²) in [6.07, 6.45) is 0. The molecule has 0 aliphatic rings. The van der Waals surface area contributed by atoms with Crippen LogP contribution in [0.3, 0.4) is 0 Å².